The minimum absolute atomic E-state index is 0.274. The summed E-state index contributed by atoms with van der Waals surface area (Å²) >= 11 is 0. The molecule has 0 radical (unpaired) electrons. The molecule has 0 spiro atoms. The maximum absolute atomic E-state index is 5.06. The SMILES string of the molecule is Cc1cc(Nc2nc(NC(C)C)cc(-c3ccccc3)n2)no1. The van der Waals surface area contributed by atoms with Crippen LogP contribution in [-0.2, 0) is 0 Å². The Kier molecular flexibility index (Phi) is 4.23. The predicted molar refractivity (Wildman–Crippen MR) is 90.7 cm³/mol. The second-order valence-electron chi connectivity index (χ2n) is 5.57. The number of aromatic nitrogens is 3. The summed E-state index contributed by atoms with van der Waals surface area (Å²) in [4.78, 5) is 9.06. The largest absolute Gasteiger partial charge is 0.368 e. The van der Waals surface area contributed by atoms with Gasteiger partial charge in [0.2, 0.25) is 5.95 Å². The summed E-state index contributed by atoms with van der Waals surface area (Å²) in [7, 11) is 0. The zero-order chi connectivity index (χ0) is 16.2. The van der Waals surface area contributed by atoms with E-state index in [0.29, 0.717) is 11.8 Å². The maximum atomic E-state index is 5.06. The molecule has 0 aliphatic heterocycles. The Morgan fingerprint density at radius 2 is 1.78 bits per heavy atom. The highest BCUT2D eigenvalue weighted by atomic mass is 16.5. The molecule has 0 amide bonds. The Morgan fingerprint density at radius 3 is 2.43 bits per heavy atom. The van der Waals surface area contributed by atoms with Crippen molar-refractivity contribution >= 4 is 17.6 Å². The van der Waals surface area contributed by atoms with Crippen LogP contribution in [0.15, 0.2) is 47.0 Å². The van der Waals surface area contributed by atoms with Gasteiger partial charge in [-0.2, -0.15) is 4.98 Å². The molecule has 6 heteroatoms. The molecule has 0 atom stereocenters. The van der Waals surface area contributed by atoms with E-state index in [4.69, 9.17) is 4.52 Å². The van der Waals surface area contributed by atoms with E-state index in [1.165, 1.54) is 0 Å². The van der Waals surface area contributed by atoms with Crippen molar-refractivity contribution in [3.05, 3.63) is 48.2 Å². The minimum atomic E-state index is 0.274. The molecule has 2 N–H and O–H groups in total. The molecule has 3 aromatic rings. The molecule has 118 valence electrons. The van der Waals surface area contributed by atoms with Crippen molar-refractivity contribution < 1.29 is 4.52 Å². The monoisotopic (exact) mass is 309 g/mol. The third-order valence-corrected chi connectivity index (χ3v) is 3.10. The predicted octanol–water partition coefficient (Wildman–Crippen LogP) is 4.00. The first-order valence-corrected chi connectivity index (χ1v) is 7.51. The molecule has 0 saturated heterocycles. The van der Waals surface area contributed by atoms with Crippen molar-refractivity contribution in [1.82, 2.24) is 15.1 Å². The summed E-state index contributed by atoms with van der Waals surface area (Å²) in [5, 5.41) is 10.3. The molecular formula is C17H19N5O. The number of rotatable bonds is 5. The van der Waals surface area contributed by atoms with Gasteiger partial charge >= 0.3 is 0 Å². The van der Waals surface area contributed by atoms with Crippen LogP contribution in [0.1, 0.15) is 19.6 Å². The Hall–Kier alpha value is -2.89. The normalized spacial score (nSPS) is 10.8. The summed E-state index contributed by atoms with van der Waals surface area (Å²) in [6.07, 6.45) is 0. The van der Waals surface area contributed by atoms with Gasteiger partial charge in [0, 0.05) is 23.7 Å². The number of hydrogen-bond acceptors (Lipinski definition) is 6. The van der Waals surface area contributed by atoms with E-state index < -0.39 is 0 Å². The lowest BCUT2D eigenvalue weighted by molar-refractivity contribution is 0.400. The molecular weight excluding hydrogens is 290 g/mol. The van der Waals surface area contributed by atoms with Crippen LogP contribution >= 0.6 is 0 Å². The van der Waals surface area contributed by atoms with E-state index in [0.717, 1.165) is 22.8 Å². The van der Waals surface area contributed by atoms with Gasteiger partial charge < -0.3 is 15.2 Å². The van der Waals surface area contributed by atoms with Crippen molar-refractivity contribution in [1.29, 1.82) is 0 Å². The fraction of sp³-hybridized carbons (Fsp3) is 0.235. The van der Waals surface area contributed by atoms with Crippen LogP contribution in [0.25, 0.3) is 11.3 Å². The van der Waals surface area contributed by atoms with Gasteiger partial charge in [0.15, 0.2) is 5.82 Å². The standard InChI is InChI=1S/C17H19N5O/c1-11(2)18-15-10-14(13-7-5-4-6-8-13)19-17(20-15)21-16-9-12(3)23-22-16/h4-11H,1-3H3,(H2,18,19,20,21,22). The first kappa shape index (κ1) is 15.0. The molecule has 0 unspecified atom stereocenters. The third kappa shape index (κ3) is 3.85. The van der Waals surface area contributed by atoms with Gasteiger partial charge in [0.1, 0.15) is 11.6 Å². The molecule has 0 fully saturated rings. The molecule has 23 heavy (non-hydrogen) atoms. The quantitative estimate of drug-likeness (QED) is 0.742. The number of nitrogens with zero attached hydrogens (tertiary/aromatic N) is 3. The van der Waals surface area contributed by atoms with E-state index in [2.05, 4.69) is 39.6 Å². The van der Waals surface area contributed by atoms with Gasteiger partial charge in [-0.1, -0.05) is 35.5 Å². The summed E-state index contributed by atoms with van der Waals surface area (Å²) in [6, 6.07) is 14.0. The van der Waals surface area contributed by atoms with Gasteiger partial charge in [-0.25, -0.2) is 4.98 Å². The van der Waals surface area contributed by atoms with Crippen LogP contribution < -0.4 is 10.6 Å². The molecule has 0 bridgehead atoms. The Bertz CT molecular complexity index is 783. The first-order chi connectivity index (χ1) is 11.1. The van der Waals surface area contributed by atoms with Crippen molar-refractivity contribution in [2.24, 2.45) is 0 Å². The molecule has 2 aromatic heterocycles. The van der Waals surface area contributed by atoms with Crippen LogP contribution in [0, 0.1) is 6.92 Å². The highest BCUT2D eigenvalue weighted by Crippen LogP contribution is 2.23. The van der Waals surface area contributed by atoms with Crippen molar-refractivity contribution in [3.8, 4) is 11.3 Å². The minimum Gasteiger partial charge on any atom is -0.368 e. The zero-order valence-electron chi connectivity index (χ0n) is 13.4. The zero-order valence-corrected chi connectivity index (χ0v) is 13.4. The lowest BCUT2D eigenvalue weighted by Crippen LogP contribution is -2.12. The van der Waals surface area contributed by atoms with Crippen LogP contribution in [0.3, 0.4) is 0 Å². The molecule has 2 heterocycles. The molecule has 6 nitrogen and oxygen atoms in total. The smallest absolute Gasteiger partial charge is 0.231 e. The van der Waals surface area contributed by atoms with Gasteiger partial charge in [-0.3, -0.25) is 0 Å². The lowest BCUT2D eigenvalue weighted by atomic mass is 10.1. The number of benzene rings is 1. The summed E-state index contributed by atoms with van der Waals surface area (Å²) in [5.41, 5.74) is 1.87. The average Bonchev–Trinajstić information content (AvgIpc) is 2.92. The lowest BCUT2D eigenvalue weighted by Gasteiger charge is -2.12. The molecule has 0 saturated carbocycles. The number of nitrogens with one attached hydrogen (secondary N) is 2. The van der Waals surface area contributed by atoms with E-state index in [-0.39, 0.29) is 6.04 Å². The van der Waals surface area contributed by atoms with Gasteiger partial charge in [0.25, 0.3) is 0 Å². The third-order valence-electron chi connectivity index (χ3n) is 3.10. The second-order valence-corrected chi connectivity index (χ2v) is 5.57. The van der Waals surface area contributed by atoms with Crippen LogP contribution in [0.2, 0.25) is 0 Å². The topological polar surface area (TPSA) is 75.9 Å². The fourth-order valence-electron chi connectivity index (χ4n) is 2.17. The average molecular weight is 309 g/mol. The Morgan fingerprint density at radius 1 is 1.00 bits per heavy atom. The van der Waals surface area contributed by atoms with Crippen molar-refractivity contribution in [2.75, 3.05) is 10.6 Å². The Balaban J connectivity index is 1.97. The van der Waals surface area contributed by atoms with E-state index in [1.54, 1.807) is 6.07 Å². The van der Waals surface area contributed by atoms with Gasteiger partial charge in [-0.05, 0) is 20.8 Å². The maximum Gasteiger partial charge on any atom is 0.231 e. The van der Waals surface area contributed by atoms with Gasteiger partial charge in [-0.15, -0.1) is 0 Å². The molecule has 1 aromatic carbocycles. The highest BCUT2D eigenvalue weighted by molar-refractivity contribution is 5.65. The van der Waals surface area contributed by atoms with Crippen LogP contribution in [0.4, 0.5) is 17.6 Å². The highest BCUT2D eigenvalue weighted by Gasteiger charge is 2.09. The second kappa shape index (κ2) is 6.48. The Labute approximate surface area is 135 Å². The first-order valence-electron chi connectivity index (χ1n) is 7.51. The van der Waals surface area contributed by atoms with Crippen LogP contribution in [-0.4, -0.2) is 21.2 Å². The number of anilines is 3. The molecule has 0 aliphatic rings. The van der Waals surface area contributed by atoms with E-state index >= 15 is 0 Å². The summed E-state index contributed by atoms with van der Waals surface area (Å²) in [6.45, 7) is 5.97. The van der Waals surface area contributed by atoms with E-state index in [1.807, 2.05) is 43.3 Å². The fourth-order valence-corrected chi connectivity index (χ4v) is 2.17. The van der Waals surface area contributed by atoms with Crippen LogP contribution in [0.5, 0.6) is 0 Å². The van der Waals surface area contributed by atoms with Gasteiger partial charge in [0.05, 0.1) is 5.69 Å². The summed E-state index contributed by atoms with van der Waals surface area (Å²) in [5.74, 6) is 2.55. The van der Waals surface area contributed by atoms with E-state index in [9.17, 15) is 0 Å². The molecule has 3 rings (SSSR count). The summed E-state index contributed by atoms with van der Waals surface area (Å²) < 4.78 is 5.06. The number of hydrogen-bond donors (Lipinski definition) is 2. The molecule has 0 aliphatic carbocycles. The van der Waals surface area contributed by atoms with Crippen molar-refractivity contribution in [2.45, 2.75) is 26.8 Å². The van der Waals surface area contributed by atoms with Crippen molar-refractivity contribution in [3.63, 3.8) is 0 Å². The number of aryl methyl sites for hydroxylation is 1.